The minimum Gasteiger partial charge on any atom is -0.465 e. The molecule has 1 aliphatic rings. The summed E-state index contributed by atoms with van der Waals surface area (Å²) in [5.41, 5.74) is 6.12. The number of amides is 3. The Bertz CT molecular complexity index is 750. The van der Waals surface area contributed by atoms with Crippen LogP contribution in [0.15, 0.2) is 24.3 Å². The Hall–Kier alpha value is -3.10. The minimum atomic E-state index is -0.903. The third kappa shape index (κ3) is 5.97. The topological polar surface area (TPSA) is 131 Å². The normalized spacial score (nSPS) is 16.5. The van der Waals surface area contributed by atoms with Gasteiger partial charge in [0, 0.05) is 24.3 Å². The quantitative estimate of drug-likeness (QED) is 0.540. The molecule has 2 rings (SSSR count). The Morgan fingerprint density at radius 3 is 2.79 bits per heavy atom. The highest BCUT2D eigenvalue weighted by Crippen LogP contribution is 2.13. The van der Waals surface area contributed by atoms with Crippen LogP contribution in [0.3, 0.4) is 0 Å². The van der Waals surface area contributed by atoms with Crippen LogP contribution < -0.4 is 16.4 Å². The molecule has 0 spiro atoms. The van der Waals surface area contributed by atoms with E-state index in [4.69, 9.17) is 10.5 Å². The molecule has 0 saturated carbocycles. The number of hydrogen-bond donors (Lipinski definition) is 3. The number of carbonyl (C=O) groups is 4. The molecule has 4 N–H and O–H groups in total. The van der Waals surface area contributed by atoms with Gasteiger partial charge in [0.15, 0.2) is 0 Å². The van der Waals surface area contributed by atoms with Crippen molar-refractivity contribution in [2.75, 3.05) is 31.6 Å². The van der Waals surface area contributed by atoms with Gasteiger partial charge in [-0.3, -0.25) is 19.2 Å². The Balaban J connectivity index is 1.98. The van der Waals surface area contributed by atoms with Gasteiger partial charge in [0.1, 0.15) is 6.04 Å². The van der Waals surface area contributed by atoms with Crippen molar-refractivity contribution < 1.29 is 23.9 Å². The maximum absolute atomic E-state index is 12.6. The molecular weight excluding hydrogens is 364 g/mol. The van der Waals surface area contributed by atoms with Crippen molar-refractivity contribution in [3.63, 3.8) is 0 Å². The molecule has 1 atom stereocenters. The highest BCUT2D eigenvalue weighted by atomic mass is 16.5. The lowest BCUT2D eigenvalue weighted by atomic mass is 10.1. The Morgan fingerprint density at radius 1 is 1.36 bits per heavy atom. The van der Waals surface area contributed by atoms with Crippen molar-refractivity contribution in [1.29, 1.82) is 0 Å². The first-order chi connectivity index (χ1) is 13.3. The van der Waals surface area contributed by atoms with E-state index in [-0.39, 0.29) is 37.3 Å². The number of hydrogen-bond acceptors (Lipinski definition) is 6. The molecule has 3 amide bonds. The second kappa shape index (κ2) is 9.72. The number of nitrogens with one attached hydrogen (secondary N) is 2. The number of piperazine rings is 1. The smallest absolute Gasteiger partial charge is 0.308 e. The largest absolute Gasteiger partial charge is 0.465 e. The average Bonchev–Trinajstić information content (AvgIpc) is 2.66. The zero-order valence-electron chi connectivity index (χ0n) is 16.1. The van der Waals surface area contributed by atoms with Gasteiger partial charge in [-0.15, -0.1) is 0 Å². The van der Waals surface area contributed by atoms with Gasteiger partial charge in [-0.05, 0) is 24.1 Å². The van der Waals surface area contributed by atoms with Crippen LogP contribution in [0.2, 0.25) is 0 Å². The van der Waals surface area contributed by atoms with E-state index < -0.39 is 17.9 Å². The number of benzene rings is 1. The van der Waals surface area contributed by atoms with Crippen LogP contribution in [0.1, 0.15) is 30.6 Å². The number of nitrogens with zero attached hydrogens (tertiary/aromatic N) is 1. The van der Waals surface area contributed by atoms with Gasteiger partial charge < -0.3 is 26.0 Å². The average molecular weight is 390 g/mol. The summed E-state index contributed by atoms with van der Waals surface area (Å²) in [4.78, 5) is 49.5. The number of carbonyl (C=O) groups excluding carboxylic acids is 4. The number of rotatable bonds is 8. The number of primary amides is 1. The van der Waals surface area contributed by atoms with E-state index in [2.05, 4.69) is 10.6 Å². The lowest BCUT2D eigenvalue weighted by Gasteiger charge is -2.34. The molecule has 1 aromatic rings. The first-order valence-electron chi connectivity index (χ1n) is 9.14. The summed E-state index contributed by atoms with van der Waals surface area (Å²) in [6, 6.07) is 5.56. The van der Waals surface area contributed by atoms with Crippen LogP contribution in [0, 0.1) is 5.92 Å². The summed E-state index contributed by atoms with van der Waals surface area (Å²) in [5, 5.41) is 5.59. The minimum absolute atomic E-state index is 0.0902. The Labute approximate surface area is 163 Å². The first-order valence-corrected chi connectivity index (χ1v) is 9.14. The second-order valence-corrected chi connectivity index (χ2v) is 6.97. The van der Waals surface area contributed by atoms with Crippen LogP contribution in [0.5, 0.6) is 0 Å². The fraction of sp³-hybridized carbons (Fsp3) is 0.474. The predicted molar refractivity (Wildman–Crippen MR) is 102 cm³/mol. The van der Waals surface area contributed by atoms with Crippen molar-refractivity contribution in [3.8, 4) is 0 Å². The van der Waals surface area contributed by atoms with Crippen molar-refractivity contribution >= 4 is 29.4 Å². The van der Waals surface area contributed by atoms with Crippen molar-refractivity contribution in [3.05, 3.63) is 29.8 Å². The number of nitrogens with two attached hydrogens (primary N) is 1. The Morgan fingerprint density at radius 2 is 2.11 bits per heavy atom. The van der Waals surface area contributed by atoms with Gasteiger partial charge in [-0.1, -0.05) is 19.9 Å². The van der Waals surface area contributed by atoms with Gasteiger partial charge in [0.25, 0.3) is 0 Å². The molecule has 0 aliphatic carbocycles. The van der Waals surface area contributed by atoms with Gasteiger partial charge in [0.2, 0.25) is 17.7 Å². The Kier molecular flexibility index (Phi) is 7.36. The standard InChI is InChI=1S/C19H26N4O5/c1-12(2)11-28-17(25)9-15-19(27)21-6-7-23(15)16(24)10-22-14-5-3-4-13(8-14)18(20)26/h3-5,8,12,15,22H,6-7,9-11H2,1-2H3,(H2,20,26)(H,21,27). The molecule has 1 saturated heterocycles. The fourth-order valence-corrected chi connectivity index (χ4v) is 2.75. The van der Waals surface area contributed by atoms with E-state index in [1.54, 1.807) is 24.3 Å². The molecule has 9 heteroatoms. The molecule has 0 radical (unpaired) electrons. The van der Waals surface area contributed by atoms with Crippen LogP contribution in [0.25, 0.3) is 0 Å². The molecule has 0 aromatic heterocycles. The molecule has 152 valence electrons. The summed E-state index contributed by atoms with van der Waals surface area (Å²) in [5.74, 6) is -1.61. The monoisotopic (exact) mass is 390 g/mol. The highest BCUT2D eigenvalue weighted by Gasteiger charge is 2.35. The number of ether oxygens (including phenoxy) is 1. The number of esters is 1. The highest BCUT2D eigenvalue weighted by molar-refractivity contribution is 5.94. The van der Waals surface area contributed by atoms with Gasteiger partial charge in [0.05, 0.1) is 19.6 Å². The van der Waals surface area contributed by atoms with Gasteiger partial charge in [-0.2, -0.15) is 0 Å². The predicted octanol–water partition coefficient (Wildman–Crippen LogP) is 0.114. The summed E-state index contributed by atoms with van der Waals surface area (Å²) >= 11 is 0. The van der Waals surface area contributed by atoms with Crippen molar-refractivity contribution in [2.24, 2.45) is 11.7 Å². The zero-order chi connectivity index (χ0) is 20.7. The lowest BCUT2D eigenvalue weighted by molar-refractivity contribution is -0.152. The molecule has 1 heterocycles. The van der Waals surface area contributed by atoms with E-state index in [9.17, 15) is 19.2 Å². The second-order valence-electron chi connectivity index (χ2n) is 6.97. The van der Waals surface area contributed by atoms with Gasteiger partial charge in [-0.25, -0.2) is 0 Å². The number of anilines is 1. The molecule has 0 bridgehead atoms. The van der Waals surface area contributed by atoms with Crippen molar-refractivity contribution in [1.82, 2.24) is 10.2 Å². The third-order valence-electron chi connectivity index (χ3n) is 4.18. The molecule has 1 aliphatic heterocycles. The van der Waals surface area contributed by atoms with E-state index in [0.717, 1.165) is 0 Å². The molecule has 28 heavy (non-hydrogen) atoms. The van der Waals surface area contributed by atoms with Crippen molar-refractivity contribution in [2.45, 2.75) is 26.3 Å². The van der Waals surface area contributed by atoms with Gasteiger partial charge >= 0.3 is 5.97 Å². The first kappa shape index (κ1) is 21.2. The van der Waals surface area contributed by atoms with Crippen LogP contribution in [-0.2, 0) is 19.1 Å². The molecule has 1 unspecified atom stereocenters. The lowest BCUT2D eigenvalue weighted by Crippen LogP contribution is -2.58. The fourth-order valence-electron chi connectivity index (χ4n) is 2.75. The summed E-state index contributed by atoms with van der Waals surface area (Å²) in [6.45, 7) is 4.62. The molecular formula is C19H26N4O5. The molecule has 1 aromatic carbocycles. The van der Waals surface area contributed by atoms with E-state index in [0.29, 0.717) is 24.3 Å². The molecule has 1 fully saturated rings. The van der Waals surface area contributed by atoms with E-state index in [1.807, 2.05) is 13.8 Å². The molecule has 9 nitrogen and oxygen atoms in total. The van der Waals surface area contributed by atoms with Crippen LogP contribution >= 0.6 is 0 Å². The summed E-state index contributed by atoms with van der Waals surface area (Å²) in [7, 11) is 0. The van der Waals surface area contributed by atoms with E-state index in [1.165, 1.54) is 4.90 Å². The van der Waals surface area contributed by atoms with E-state index >= 15 is 0 Å². The zero-order valence-corrected chi connectivity index (χ0v) is 16.1. The van der Waals surface area contributed by atoms with Crippen LogP contribution in [0.4, 0.5) is 5.69 Å². The summed E-state index contributed by atoms with van der Waals surface area (Å²) < 4.78 is 5.13. The SMILES string of the molecule is CC(C)COC(=O)CC1C(=O)NCCN1C(=O)CNc1cccc(C(N)=O)c1. The third-order valence-corrected chi connectivity index (χ3v) is 4.18. The summed E-state index contributed by atoms with van der Waals surface area (Å²) in [6.07, 6.45) is -0.193. The maximum atomic E-state index is 12.6. The maximum Gasteiger partial charge on any atom is 0.308 e. The van der Waals surface area contributed by atoms with Crippen LogP contribution in [-0.4, -0.2) is 60.9 Å².